The Balaban J connectivity index is 1.31. The van der Waals surface area contributed by atoms with Gasteiger partial charge in [0.1, 0.15) is 24.0 Å². The van der Waals surface area contributed by atoms with Crippen LogP contribution in [-0.2, 0) is 24.4 Å². The molecule has 0 amide bonds. The molecule has 146 valence electrons. The molecule has 4 rings (SSSR count). The number of hydrogen-bond acceptors (Lipinski definition) is 6. The lowest BCUT2D eigenvalue weighted by Crippen LogP contribution is -2.34. The fourth-order valence-electron chi connectivity index (χ4n) is 4.00. The Hall–Kier alpha value is -1.96. The summed E-state index contributed by atoms with van der Waals surface area (Å²) in [6, 6.07) is 8.40. The van der Waals surface area contributed by atoms with Crippen molar-refractivity contribution in [1.29, 1.82) is 0 Å². The minimum Gasteiger partial charge on any atom is -0.491 e. The molecule has 2 aliphatic heterocycles. The van der Waals surface area contributed by atoms with Gasteiger partial charge in [0.25, 0.3) is 0 Å². The zero-order valence-corrected chi connectivity index (χ0v) is 16.1. The molecule has 1 aromatic carbocycles. The van der Waals surface area contributed by atoms with E-state index in [1.54, 1.807) is 7.11 Å². The highest BCUT2D eigenvalue weighted by atomic mass is 16.5. The molecule has 27 heavy (non-hydrogen) atoms. The van der Waals surface area contributed by atoms with Gasteiger partial charge in [0.2, 0.25) is 0 Å². The van der Waals surface area contributed by atoms with Crippen LogP contribution in [0.3, 0.4) is 0 Å². The van der Waals surface area contributed by atoms with Gasteiger partial charge in [-0.2, -0.15) is 0 Å². The van der Waals surface area contributed by atoms with Gasteiger partial charge in [0.05, 0.1) is 13.2 Å². The van der Waals surface area contributed by atoms with E-state index in [2.05, 4.69) is 43.2 Å². The van der Waals surface area contributed by atoms with Crippen molar-refractivity contribution in [1.82, 2.24) is 25.0 Å². The van der Waals surface area contributed by atoms with Crippen molar-refractivity contribution < 1.29 is 9.47 Å². The van der Waals surface area contributed by atoms with Crippen molar-refractivity contribution in [2.45, 2.75) is 38.4 Å². The summed E-state index contributed by atoms with van der Waals surface area (Å²) in [5.41, 5.74) is 1.30. The van der Waals surface area contributed by atoms with Gasteiger partial charge in [-0.05, 0) is 43.6 Å². The SMILES string of the molecule is COCCOc1cccc(CN2CCC(c3nnc4n3CCNC4)CC2)c1. The zero-order valence-electron chi connectivity index (χ0n) is 16.1. The maximum Gasteiger partial charge on any atom is 0.147 e. The molecule has 0 spiro atoms. The molecule has 1 saturated heterocycles. The monoisotopic (exact) mass is 371 g/mol. The van der Waals surface area contributed by atoms with Gasteiger partial charge in [-0.3, -0.25) is 4.90 Å². The molecule has 1 fully saturated rings. The van der Waals surface area contributed by atoms with E-state index in [4.69, 9.17) is 9.47 Å². The van der Waals surface area contributed by atoms with Crippen LogP contribution in [0, 0.1) is 0 Å². The number of nitrogens with zero attached hydrogens (tertiary/aromatic N) is 4. The maximum atomic E-state index is 5.73. The van der Waals surface area contributed by atoms with Crippen molar-refractivity contribution in [2.24, 2.45) is 0 Å². The summed E-state index contributed by atoms with van der Waals surface area (Å²) < 4.78 is 13.1. The lowest BCUT2D eigenvalue weighted by Gasteiger charge is -2.32. The first-order chi connectivity index (χ1) is 13.3. The molecule has 1 N–H and O–H groups in total. The van der Waals surface area contributed by atoms with Gasteiger partial charge in [-0.1, -0.05) is 12.1 Å². The van der Waals surface area contributed by atoms with Crippen LogP contribution >= 0.6 is 0 Å². The van der Waals surface area contributed by atoms with Crippen LogP contribution in [0.2, 0.25) is 0 Å². The lowest BCUT2D eigenvalue weighted by molar-refractivity contribution is 0.146. The first-order valence-electron chi connectivity index (χ1n) is 9.89. The predicted molar refractivity (Wildman–Crippen MR) is 103 cm³/mol. The van der Waals surface area contributed by atoms with Crippen LogP contribution < -0.4 is 10.1 Å². The lowest BCUT2D eigenvalue weighted by atomic mass is 9.95. The van der Waals surface area contributed by atoms with E-state index in [0.29, 0.717) is 19.1 Å². The number of aromatic nitrogens is 3. The molecule has 2 aliphatic rings. The van der Waals surface area contributed by atoms with Crippen LogP contribution in [-0.4, -0.2) is 59.6 Å². The number of fused-ring (bicyclic) bond motifs is 1. The number of hydrogen-bond donors (Lipinski definition) is 1. The van der Waals surface area contributed by atoms with Crippen molar-refractivity contribution in [3.05, 3.63) is 41.5 Å². The highest BCUT2D eigenvalue weighted by Crippen LogP contribution is 2.28. The van der Waals surface area contributed by atoms with E-state index in [0.717, 1.165) is 63.7 Å². The zero-order chi connectivity index (χ0) is 18.5. The van der Waals surface area contributed by atoms with Gasteiger partial charge < -0.3 is 19.4 Å². The molecule has 2 aromatic rings. The quantitative estimate of drug-likeness (QED) is 0.749. The number of likely N-dealkylation sites (tertiary alicyclic amines) is 1. The van der Waals surface area contributed by atoms with Crippen LogP contribution in [0.4, 0.5) is 0 Å². The Bertz CT molecular complexity index is 740. The summed E-state index contributed by atoms with van der Waals surface area (Å²) >= 11 is 0. The highest BCUT2D eigenvalue weighted by Gasteiger charge is 2.27. The molecule has 0 saturated carbocycles. The van der Waals surface area contributed by atoms with E-state index >= 15 is 0 Å². The van der Waals surface area contributed by atoms with Crippen molar-refractivity contribution in [3.63, 3.8) is 0 Å². The van der Waals surface area contributed by atoms with E-state index in [1.807, 2.05) is 6.07 Å². The second-order valence-corrected chi connectivity index (χ2v) is 7.34. The molecule has 3 heterocycles. The molecular formula is C20H29N5O2. The van der Waals surface area contributed by atoms with Crippen molar-refractivity contribution in [3.8, 4) is 5.75 Å². The normalized spacial score (nSPS) is 18.4. The van der Waals surface area contributed by atoms with Gasteiger partial charge in [0.15, 0.2) is 0 Å². The number of piperidine rings is 1. The molecule has 0 unspecified atom stereocenters. The number of methoxy groups -OCH3 is 1. The van der Waals surface area contributed by atoms with Gasteiger partial charge in [0, 0.05) is 32.7 Å². The molecule has 0 bridgehead atoms. The van der Waals surface area contributed by atoms with Crippen LogP contribution in [0.5, 0.6) is 5.75 Å². The predicted octanol–water partition coefficient (Wildman–Crippen LogP) is 1.79. The van der Waals surface area contributed by atoms with E-state index in [-0.39, 0.29) is 0 Å². The Kier molecular flexibility index (Phi) is 6.01. The Morgan fingerprint density at radius 3 is 2.89 bits per heavy atom. The smallest absolute Gasteiger partial charge is 0.147 e. The van der Waals surface area contributed by atoms with E-state index in [1.165, 1.54) is 11.4 Å². The summed E-state index contributed by atoms with van der Waals surface area (Å²) in [7, 11) is 1.69. The molecule has 0 atom stereocenters. The van der Waals surface area contributed by atoms with Crippen LogP contribution in [0.1, 0.15) is 36.0 Å². The Labute approximate surface area is 160 Å². The second kappa shape index (κ2) is 8.82. The summed E-state index contributed by atoms with van der Waals surface area (Å²) in [5.74, 6) is 3.73. The third-order valence-electron chi connectivity index (χ3n) is 5.46. The minimum absolute atomic E-state index is 0.532. The highest BCUT2D eigenvalue weighted by molar-refractivity contribution is 5.28. The fourth-order valence-corrected chi connectivity index (χ4v) is 4.00. The average molecular weight is 371 g/mol. The van der Waals surface area contributed by atoms with Crippen molar-refractivity contribution >= 4 is 0 Å². The summed E-state index contributed by atoms with van der Waals surface area (Å²) in [6.07, 6.45) is 2.30. The first kappa shape index (κ1) is 18.4. The molecule has 7 nitrogen and oxygen atoms in total. The molecule has 0 radical (unpaired) electrons. The Morgan fingerprint density at radius 1 is 1.15 bits per heavy atom. The number of rotatable bonds is 7. The second-order valence-electron chi connectivity index (χ2n) is 7.34. The maximum absolute atomic E-state index is 5.73. The topological polar surface area (TPSA) is 64.4 Å². The Morgan fingerprint density at radius 2 is 2.04 bits per heavy atom. The minimum atomic E-state index is 0.532. The molecule has 0 aliphatic carbocycles. The third-order valence-corrected chi connectivity index (χ3v) is 5.46. The molecule has 1 aromatic heterocycles. The van der Waals surface area contributed by atoms with Gasteiger partial charge in [-0.15, -0.1) is 10.2 Å². The average Bonchev–Trinajstić information content (AvgIpc) is 3.13. The molecular weight excluding hydrogens is 342 g/mol. The number of benzene rings is 1. The summed E-state index contributed by atoms with van der Waals surface area (Å²) in [6.45, 7) is 7.21. The van der Waals surface area contributed by atoms with Crippen LogP contribution in [0.25, 0.3) is 0 Å². The molecule has 7 heteroatoms. The number of nitrogens with one attached hydrogen (secondary N) is 1. The third kappa shape index (κ3) is 4.48. The standard InChI is InChI=1S/C20H29N5O2/c1-26-11-12-27-18-4-2-3-16(13-18)15-24-8-5-17(6-9-24)20-23-22-19-14-21-7-10-25(19)20/h2-4,13,17,21H,5-12,14-15H2,1H3. The van der Waals surface area contributed by atoms with Crippen molar-refractivity contribution in [2.75, 3.05) is 40.0 Å². The summed E-state index contributed by atoms with van der Waals surface area (Å²) in [4.78, 5) is 2.53. The largest absolute Gasteiger partial charge is 0.491 e. The first-order valence-corrected chi connectivity index (χ1v) is 9.89. The van der Waals surface area contributed by atoms with Gasteiger partial charge >= 0.3 is 0 Å². The van der Waals surface area contributed by atoms with Gasteiger partial charge in [-0.25, -0.2) is 0 Å². The van der Waals surface area contributed by atoms with Crippen LogP contribution in [0.15, 0.2) is 24.3 Å². The number of ether oxygens (including phenoxy) is 2. The van der Waals surface area contributed by atoms with E-state index in [9.17, 15) is 0 Å². The summed E-state index contributed by atoms with van der Waals surface area (Å²) in [5, 5.41) is 12.2. The van der Waals surface area contributed by atoms with E-state index < -0.39 is 0 Å². The fraction of sp³-hybridized carbons (Fsp3) is 0.600.